The molecule has 2 aliphatic rings. The molecule has 1 aliphatic carbocycles. The minimum absolute atomic E-state index is 0.0764. The summed E-state index contributed by atoms with van der Waals surface area (Å²) in [5.74, 6) is 0.719. The van der Waals surface area contributed by atoms with Crippen molar-refractivity contribution >= 4 is 61.3 Å². The second-order valence-corrected chi connectivity index (χ2v) is 10.7. The minimum atomic E-state index is -0.138. The van der Waals surface area contributed by atoms with Crippen LogP contribution >= 0.6 is 43.6 Å². The van der Waals surface area contributed by atoms with Gasteiger partial charge >= 0.3 is 0 Å². The first kappa shape index (κ1) is 21.8. The first-order valence-electron chi connectivity index (χ1n) is 10.1. The van der Waals surface area contributed by atoms with Gasteiger partial charge in [-0.15, -0.1) is 0 Å². The molecule has 2 fully saturated rings. The third-order valence-corrected chi connectivity index (χ3v) is 8.08. The van der Waals surface area contributed by atoms with E-state index in [0.717, 1.165) is 24.1 Å². The molecule has 2 N–H and O–H groups in total. The number of carbonyl (C=O) groups excluding carboxylic acids is 1. The van der Waals surface area contributed by atoms with Crippen molar-refractivity contribution in [2.75, 3.05) is 5.32 Å². The topological polar surface area (TPSA) is 52.6 Å². The van der Waals surface area contributed by atoms with Crippen LogP contribution in [0.4, 0.5) is 5.69 Å². The highest BCUT2D eigenvalue weighted by Gasteiger charge is 2.42. The van der Waals surface area contributed by atoms with Gasteiger partial charge in [-0.25, -0.2) is 0 Å². The lowest BCUT2D eigenvalue weighted by molar-refractivity contribution is -0.129. The number of rotatable bonds is 4. The Morgan fingerprint density at radius 3 is 2.47 bits per heavy atom. The number of phenolic OH excluding ortho intramolecular Hbond substituents is 1. The summed E-state index contributed by atoms with van der Waals surface area (Å²) in [4.78, 5) is 16.3. The monoisotopic (exact) mass is 550 g/mol. The zero-order valence-corrected chi connectivity index (χ0v) is 20.6. The second-order valence-electron chi connectivity index (χ2n) is 7.86. The summed E-state index contributed by atoms with van der Waals surface area (Å²) in [5, 5.41) is 13.5. The molecule has 4 rings (SSSR count). The number of hydrogen-bond acceptors (Lipinski definition) is 4. The van der Waals surface area contributed by atoms with Crippen LogP contribution in [0.1, 0.15) is 38.2 Å². The van der Waals surface area contributed by atoms with Crippen molar-refractivity contribution in [2.24, 2.45) is 5.92 Å². The molecule has 3 atom stereocenters. The minimum Gasteiger partial charge on any atom is -0.506 e. The van der Waals surface area contributed by atoms with Gasteiger partial charge in [0, 0.05) is 11.7 Å². The van der Waals surface area contributed by atoms with Gasteiger partial charge in [0.1, 0.15) is 5.75 Å². The maximum Gasteiger partial charge on any atom is 0.262 e. The van der Waals surface area contributed by atoms with E-state index in [0.29, 0.717) is 19.8 Å². The van der Waals surface area contributed by atoms with Gasteiger partial charge in [0.2, 0.25) is 0 Å². The SMILES string of the molecule is C[C@@H]1CCCC[C@@H]1N1C(=O)/C(=C/c2cc(Br)c(O)c(Br)c2)SC1Nc1ccccc1. The van der Waals surface area contributed by atoms with E-state index in [1.54, 1.807) is 11.8 Å². The maximum atomic E-state index is 13.5. The highest BCUT2D eigenvalue weighted by atomic mass is 79.9. The first-order valence-corrected chi connectivity index (χ1v) is 12.6. The summed E-state index contributed by atoms with van der Waals surface area (Å²) < 4.78 is 1.19. The van der Waals surface area contributed by atoms with Crippen LogP contribution in [-0.4, -0.2) is 27.5 Å². The standard InChI is InChI=1S/C23H24Br2N2O2S/c1-14-7-5-6-10-19(14)27-22(29)20(13-15-11-17(24)21(28)18(25)12-15)30-23(27)26-16-8-3-2-4-9-16/h2-4,8-9,11-14,19,23,26,28H,5-7,10H2,1H3/b20-13-/t14-,19+,23?/m1/s1. The molecule has 1 saturated heterocycles. The van der Waals surface area contributed by atoms with E-state index in [-0.39, 0.29) is 23.2 Å². The highest BCUT2D eigenvalue weighted by Crippen LogP contribution is 2.43. The van der Waals surface area contributed by atoms with Crippen LogP contribution in [0.5, 0.6) is 5.75 Å². The smallest absolute Gasteiger partial charge is 0.262 e. The van der Waals surface area contributed by atoms with Crippen molar-refractivity contribution in [3.8, 4) is 5.75 Å². The quantitative estimate of drug-likeness (QED) is 0.410. The van der Waals surface area contributed by atoms with E-state index in [4.69, 9.17) is 0 Å². The van der Waals surface area contributed by atoms with Crippen molar-refractivity contribution in [1.82, 2.24) is 4.90 Å². The van der Waals surface area contributed by atoms with Crippen molar-refractivity contribution < 1.29 is 9.90 Å². The molecule has 0 spiro atoms. The normalized spacial score (nSPS) is 25.7. The number of thioether (sulfide) groups is 1. The molecule has 1 unspecified atom stereocenters. The number of hydrogen-bond donors (Lipinski definition) is 2. The van der Waals surface area contributed by atoms with Gasteiger partial charge in [0.05, 0.1) is 13.9 Å². The Morgan fingerprint density at radius 2 is 1.80 bits per heavy atom. The Kier molecular flexibility index (Phi) is 6.80. The van der Waals surface area contributed by atoms with Gasteiger partial charge in [-0.05, 0) is 86.5 Å². The van der Waals surface area contributed by atoms with E-state index in [1.807, 2.05) is 48.5 Å². The number of benzene rings is 2. The predicted octanol–water partition coefficient (Wildman–Crippen LogP) is 6.81. The summed E-state index contributed by atoms with van der Waals surface area (Å²) in [7, 11) is 0. The van der Waals surface area contributed by atoms with Crippen LogP contribution in [0.15, 0.2) is 56.3 Å². The van der Waals surface area contributed by atoms with E-state index in [1.165, 1.54) is 12.8 Å². The number of nitrogens with one attached hydrogen (secondary N) is 1. The molecule has 0 aromatic heterocycles. The Bertz CT molecular complexity index is 944. The van der Waals surface area contributed by atoms with Gasteiger partial charge in [-0.2, -0.15) is 0 Å². The molecule has 0 radical (unpaired) electrons. The van der Waals surface area contributed by atoms with Crippen molar-refractivity contribution in [1.29, 1.82) is 0 Å². The van der Waals surface area contributed by atoms with Crippen LogP contribution in [0.3, 0.4) is 0 Å². The predicted molar refractivity (Wildman–Crippen MR) is 131 cm³/mol. The second kappa shape index (κ2) is 9.37. The Balaban J connectivity index is 1.67. The summed E-state index contributed by atoms with van der Waals surface area (Å²) in [6.45, 7) is 2.26. The molecular formula is C23H24Br2N2O2S. The summed E-state index contributed by atoms with van der Waals surface area (Å²) in [6.07, 6.45) is 6.52. The first-order chi connectivity index (χ1) is 14.4. The van der Waals surface area contributed by atoms with Crippen molar-refractivity contribution in [2.45, 2.75) is 44.1 Å². The Labute approximate surface area is 198 Å². The molecule has 7 heteroatoms. The lowest BCUT2D eigenvalue weighted by Crippen LogP contribution is -2.48. The number of aromatic hydroxyl groups is 1. The highest BCUT2D eigenvalue weighted by molar-refractivity contribution is 9.11. The molecule has 2 aromatic rings. The molecule has 1 saturated carbocycles. The van der Waals surface area contributed by atoms with E-state index >= 15 is 0 Å². The number of para-hydroxylation sites is 1. The molecule has 2 aromatic carbocycles. The van der Waals surface area contributed by atoms with Crippen molar-refractivity contribution in [3.63, 3.8) is 0 Å². The van der Waals surface area contributed by atoms with Gasteiger partial charge in [-0.3, -0.25) is 4.79 Å². The van der Waals surface area contributed by atoms with Gasteiger partial charge in [0.15, 0.2) is 5.50 Å². The zero-order valence-electron chi connectivity index (χ0n) is 16.6. The Hall–Kier alpha value is -1.44. The van der Waals surface area contributed by atoms with Crippen LogP contribution in [-0.2, 0) is 4.79 Å². The molecular weight excluding hydrogens is 528 g/mol. The number of anilines is 1. The number of halogens is 2. The largest absolute Gasteiger partial charge is 0.506 e. The summed E-state index contributed by atoms with van der Waals surface area (Å²) in [5.41, 5.74) is 1.73. The van der Waals surface area contributed by atoms with E-state index < -0.39 is 0 Å². The van der Waals surface area contributed by atoms with E-state index in [9.17, 15) is 9.90 Å². The average molecular weight is 552 g/mol. The number of nitrogens with zero attached hydrogens (tertiary/aromatic N) is 1. The van der Waals surface area contributed by atoms with Gasteiger partial charge in [0.25, 0.3) is 5.91 Å². The molecule has 1 heterocycles. The van der Waals surface area contributed by atoms with E-state index in [2.05, 4.69) is 49.0 Å². The third-order valence-electron chi connectivity index (χ3n) is 5.76. The van der Waals surface area contributed by atoms with Crippen LogP contribution in [0.2, 0.25) is 0 Å². The third kappa shape index (κ3) is 4.58. The molecule has 0 bridgehead atoms. The average Bonchev–Trinajstić information content (AvgIpc) is 3.02. The van der Waals surface area contributed by atoms with Gasteiger partial charge in [-0.1, -0.05) is 49.7 Å². The van der Waals surface area contributed by atoms with Crippen molar-refractivity contribution in [3.05, 3.63) is 61.9 Å². The molecule has 4 nitrogen and oxygen atoms in total. The van der Waals surface area contributed by atoms with Crippen LogP contribution < -0.4 is 5.32 Å². The molecule has 30 heavy (non-hydrogen) atoms. The maximum absolute atomic E-state index is 13.5. The fourth-order valence-corrected chi connectivity index (χ4v) is 6.62. The zero-order chi connectivity index (χ0) is 21.3. The molecule has 1 amide bonds. The summed E-state index contributed by atoms with van der Waals surface area (Å²) in [6, 6.07) is 13.9. The Morgan fingerprint density at radius 1 is 1.13 bits per heavy atom. The number of phenols is 1. The number of carbonyl (C=O) groups is 1. The lowest BCUT2D eigenvalue weighted by atomic mass is 9.85. The number of amides is 1. The fourth-order valence-electron chi connectivity index (χ4n) is 4.19. The lowest BCUT2D eigenvalue weighted by Gasteiger charge is -2.39. The molecule has 158 valence electrons. The van der Waals surface area contributed by atoms with Crippen LogP contribution in [0.25, 0.3) is 6.08 Å². The fraction of sp³-hybridized carbons (Fsp3) is 0.348. The summed E-state index contributed by atoms with van der Waals surface area (Å²) >= 11 is 8.31. The van der Waals surface area contributed by atoms with Crippen LogP contribution in [0, 0.1) is 5.92 Å². The van der Waals surface area contributed by atoms with Gasteiger partial charge < -0.3 is 15.3 Å². The molecule has 1 aliphatic heterocycles.